The lowest BCUT2D eigenvalue weighted by Gasteiger charge is -2.38. The Hall–Kier alpha value is -1.59. The van der Waals surface area contributed by atoms with Crippen LogP contribution in [0.2, 0.25) is 5.02 Å². The van der Waals surface area contributed by atoms with Crippen molar-refractivity contribution in [2.24, 2.45) is 5.16 Å². The minimum absolute atomic E-state index is 0.0238. The number of hydrogen-bond donors (Lipinski definition) is 0. The Kier molecular flexibility index (Phi) is 5.64. The zero-order valence-electron chi connectivity index (χ0n) is 15.1. The van der Waals surface area contributed by atoms with E-state index < -0.39 is 6.10 Å². The van der Waals surface area contributed by atoms with Crippen LogP contribution in [0, 0.1) is 0 Å². The van der Waals surface area contributed by atoms with Crippen molar-refractivity contribution in [2.45, 2.75) is 51.3 Å². The van der Waals surface area contributed by atoms with Gasteiger partial charge in [-0.05, 0) is 44.4 Å². The molecule has 5 nitrogen and oxygen atoms in total. The van der Waals surface area contributed by atoms with Crippen LogP contribution in [0.1, 0.15) is 38.7 Å². The van der Waals surface area contributed by atoms with Gasteiger partial charge in [-0.3, -0.25) is 4.79 Å². The summed E-state index contributed by atoms with van der Waals surface area (Å²) in [6.45, 7) is 6.52. The third-order valence-electron chi connectivity index (χ3n) is 5.25. The molecule has 1 fully saturated rings. The van der Waals surface area contributed by atoms with Gasteiger partial charge in [0.15, 0.2) is 0 Å². The predicted molar refractivity (Wildman–Crippen MR) is 100.0 cm³/mol. The molecule has 2 heterocycles. The summed E-state index contributed by atoms with van der Waals surface area (Å²) in [7, 11) is 1.89. The summed E-state index contributed by atoms with van der Waals surface area (Å²) in [4.78, 5) is 22.5. The molecule has 0 bridgehead atoms. The zero-order valence-corrected chi connectivity index (χ0v) is 15.9. The van der Waals surface area contributed by atoms with Crippen LogP contribution in [0.4, 0.5) is 0 Å². The lowest BCUT2D eigenvalue weighted by atomic mass is 10.0. The Balaban J connectivity index is 1.55. The largest absolute Gasteiger partial charge is 0.382 e. The normalized spacial score (nSPS) is 22.0. The van der Waals surface area contributed by atoms with Crippen LogP contribution in [0.3, 0.4) is 0 Å². The van der Waals surface area contributed by atoms with E-state index >= 15 is 0 Å². The molecule has 0 N–H and O–H groups in total. The summed E-state index contributed by atoms with van der Waals surface area (Å²) in [6.07, 6.45) is 2.02. The molecule has 0 spiro atoms. The number of oxime groups is 1. The lowest BCUT2D eigenvalue weighted by Crippen LogP contribution is -2.49. The van der Waals surface area contributed by atoms with Gasteiger partial charge in [0.05, 0.1) is 5.71 Å². The number of nitrogens with zero attached hydrogens (tertiary/aromatic N) is 3. The molecule has 6 heteroatoms. The number of likely N-dealkylation sites (N-methyl/N-ethyl adjacent to an activating group) is 1. The van der Waals surface area contributed by atoms with Crippen molar-refractivity contribution in [1.82, 2.24) is 9.80 Å². The highest BCUT2D eigenvalue weighted by Gasteiger charge is 2.34. The molecule has 3 rings (SSSR count). The first-order valence-corrected chi connectivity index (χ1v) is 9.33. The molecular weight excluding hydrogens is 338 g/mol. The topological polar surface area (TPSA) is 45.1 Å². The highest BCUT2D eigenvalue weighted by molar-refractivity contribution is 6.30. The summed E-state index contributed by atoms with van der Waals surface area (Å²) in [5.74, 6) is 0.0238. The van der Waals surface area contributed by atoms with E-state index in [1.165, 1.54) is 0 Å². The Morgan fingerprint density at radius 3 is 2.52 bits per heavy atom. The highest BCUT2D eigenvalue weighted by Crippen LogP contribution is 2.23. The predicted octanol–water partition coefficient (Wildman–Crippen LogP) is 3.16. The van der Waals surface area contributed by atoms with E-state index in [1.54, 1.807) is 0 Å². The molecular formula is C19H26ClN3O2. The number of hydrogen-bond acceptors (Lipinski definition) is 4. The molecule has 0 aromatic heterocycles. The van der Waals surface area contributed by atoms with Gasteiger partial charge in [-0.25, -0.2) is 0 Å². The Labute approximate surface area is 154 Å². The first-order valence-electron chi connectivity index (χ1n) is 8.95. The smallest absolute Gasteiger partial charge is 0.266 e. The van der Waals surface area contributed by atoms with Gasteiger partial charge in [0.25, 0.3) is 5.91 Å². The molecule has 1 amide bonds. The van der Waals surface area contributed by atoms with Crippen LogP contribution in [-0.2, 0) is 9.63 Å². The molecule has 1 atom stereocenters. The van der Waals surface area contributed by atoms with E-state index in [4.69, 9.17) is 16.4 Å². The maximum Gasteiger partial charge on any atom is 0.266 e. The Bertz CT molecular complexity index is 637. The fourth-order valence-electron chi connectivity index (χ4n) is 3.52. The van der Waals surface area contributed by atoms with Crippen LogP contribution < -0.4 is 0 Å². The first kappa shape index (κ1) is 18.2. The molecule has 0 aliphatic carbocycles. The molecule has 0 saturated carbocycles. The van der Waals surface area contributed by atoms with Gasteiger partial charge in [-0.15, -0.1) is 0 Å². The van der Waals surface area contributed by atoms with Crippen LogP contribution in [-0.4, -0.2) is 59.7 Å². The zero-order chi connectivity index (χ0) is 18.0. The maximum absolute atomic E-state index is 12.8. The van der Waals surface area contributed by atoms with Crippen LogP contribution in [0.5, 0.6) is 0 Å². The molecule has 1 aromatic rings. The van der Waals surface area contributed by atoms with E-state index in [-0.39, 0.29) is 11.9 Å². The number of amides is 1. The molecule has 0 unspecified atom stereocenters. The highest BCUT2D eigenvalue weighted by atomic mass is 35.5. The molecule has 2 aliphatic rings. The summed E-state index contributed by atoms with van der Waals surface area (Å²) in [5.41, 5.74) is 1.76. The van der Waals surface area contributed by atoms with E-state index in [2.05, 4.69) is 23.9 Å². The monoisotopic (exact) mass is 363 g/mol. The summed E-state index contributed by atoms with van der Waals surface area (Å²) in [6, 6.07) is 8.30. The van der Waals surface area contributed by atoms with Crippen LogP contribution >= 0.6 is 11.6 Å². The van der Waals surface area contributed by atoms with Gasteiger partial charge in [0, 0.05) is 43.7 Å². The number of carbonyl (C=O) groups is 1. The van der Waals surface area contributed by atoms with Crippen molar-refractivity contribution in [3.05, 3.63) is 34.9 Å². The minimum Gasteiger partial charge on any atom is -0.382 e. The number of rotatable bonds is 4. The molecule has 136 valence electrons. The van der Waals surface area contributed by atoms with Crippen molar-refractivity contribution < 1.29 is 9.63 Å². The van der Waals surface area contributed by atoms with Gasteiger partial charge < -0.3 is 14.6 Å². The van der Waals surface area contributed by atoms with Gasteiger partial charge in [0.1, 0.15) is 0 Å². The molecule has 25 heavy (non-hydrogen) atoms. The number of benzene rings is 1. The van der Waals surface area contributed by atoms with E-state index in [9.17, 15) is 4.79 Å². The number of halogens is 1. The van der Waals surface area contributed by atoms with Crippen molar-refractivity contribution in [1.29, 1.82) is 0 Å². The number of piperidine rings is 1. The SMILES string of the molecule is CC(C)N1CCC(N(C)C(=O)[C@@H]2CC(c3ccc(Cl)cc3)=NO2)CC1. The van der Waals surface area contributed by atoms with E-state index in [0.29, 0.717) is 17.5 Å². The van der Waals surface area contributed by atoms with Crippen molar-refractivity contribution in [3.8, 4) is 0 Å². The van der Waals surface area contributed by atoms with Gasteiger partial charge in [-0.2, -0.15) is 0 Å². The summed E-state index contributed by atoms with van der Waals surface area (Å²) in [5, 5.41) is 4.80. The van der Waals surface area contributed by atoms with Crippen molar-refractivity contribution >= 4 is 23.2 Å². The minimum atomic E-state index is -0.515. The molecule has 2 aliphatic heterocycles. The maximum atomic E-state index is 12.8. The summed E-state index contributed by atoms with van der Waals surface area (Å²) >= 11 is 5.92. The average molecular weight is 364 g/mol. The third-order valence-corrected chi connectivity index (χ3v) is 5.50. The number of carbonyl (C=O) groups excluding carboxylic acids is 1. The fourth-order valence-corrected chi connectivity index (χ4v) is 3.65. The lowest BCUT2D eigenvalue weighted by molar-refractivity contribution is -0.143. The molecule has 1 aromatic carbocycles. The average Bonchev–Trinajstić information content (AvgIpc) is 3.11. The quantitative estimate of drug-likeness (QED) is 0.825. The standard InChI is InChI=1S/C19H26ClN3O2/c1-13(2)23-10-8-16(9-11-23)22(3)19(24)18-12-17(21-25-18)14-4-6-15(20)7-5-14/h4-7,13,16,18H,8-12H2,1-3H3/t18-/m0/s1. The van der Waals surface area contributed by atoms with Crippen LogP contribution in [0.25, 0.3) is 0 Å². The van der Waals surface area contributed by atoms with E-state index in [1.807, 2.05) is 36.2 Å². The fraction of sp³-hybridized carbons (Fsp3) is 0.579. The second kappa shape index (κ2) is 7.75. The summed E-state index contributed by atoms with van der Waals surface area (Å²) < 4.78 is 0. The van der Waals surface area contributed by atoms with Crippen LogP contribution in [0.15, 0.2) is 29.4 Å². The Morgan fingerprint density at radius 2 is 1.92 bits per heavy atom. The van der Waals surface area contributed by atoms with E-state index in [0.717, 1.165) is 37.2 Å². The molecule has 0 radical (unpaired) electrons. The van der Waals surface area contributed by atoms with Gasteiger partial charge >= 0.3 is 0 Å². The Morgan fingerprint density at radius 1 is 1.28 bits per heavy atom. The van der Waals surface area contributed by atoms with Crippen molar-refractivity contribution in [3.63, 3.8) is 0 Å². The van der Waals surface area contributed by atoms with Gasteiger partial charge in [0.2, 0.25) is 6.10 Å². The number of likely N-dealkylation sites (tertiary alicyclic amines) is 1. The second-order valence-corrected chi connectivity index (χ2v) is 7.59. The first-order chi connectivity index (χ1) is 12.0. The van der Waals surface area contributed by atoms with Crippen molar-refractivity contribution in [2.75, 3.05) is 20.1 Å². The van der Waals surface area contributed by atoms with Gasteiger partial charge in [-0.1, -0.05) is 28.9 Å². The molecule has 1 saturated heterocycles. The second-order valence-electron chi connectivity index (χ2n) is 7.15. The third kappa shape index (κ3) is 4.15.